The second kappa shape index (κ2) is 8.99. The number of hydrogen-bond donors (Lipinski definition) is 1. The number of nitrogens with one attached hydrogen (secondary N) is 1. The summed E-state index contributed by atoms with van der Waals surface area (Å²) in [6, 6.07) is 9.63. The van der Waals surface area contributed by atoms with Crippen molar-refractivity contribution in [2.24, 2.45) is 0 Å². The first-order valence-corrected chi connectivity index (χ1v) is 10.9. The lowest BCUT2D eigenvalue weighted by molar-refractivity contribution is 0.584. The minimum absolute atomic E-state index is 0.0255. The van der Waals surface area contributed by atoms with Gasteiger partial charge in [0.2, 0.25) is 10.0 Å². The van der Waals surface area contributed by atoms with Crippen molar-refractivity contribution in [3.8, 4) is 0 Å². The van der Waals surface area contributed by atoms with Gasteiger partial charge in [-0.1, -0.05) is 52.5 Å². The van der Waals surface area contributed by atoms with Gasteiger partial charge in [0.15, 0.2) is 0 Å². The van der Waals surface area contributed by atoms with Gasteiger partial charge < -0.3 is 0 Å². The molecule has 3 nitrogen and oxygen atoms in total. The van der Waals surface area contributed by atoms with Crippen LogP contribution in [0.4, 0.5) is 0 Å². The smallest absolute Gasteiger partial charge is 0.210 e. The van der Waals surface area contributed by atoms with Crippen molar-refractivity contribution < 1.29 is 8.42 Å². The van der Waals surface area contributed by atoms with E-state index in [9.17, 15) is 8.42 Å². The topological polar surface area (TPSA) is 46.2 Å². The first-order valence-electron chi connectivity index (χ1n) is 6.76. The van der Waals surface area contributed by atoms with E-state index in [1.165, 1.54) is 18.2 Å². The molecule has 0 aliphatic rings. The van der Waals surface area contributed by atoms with Crippen LogP contribution in [0.1, 0.15) is 5.56 Å². The Morgan fingerprint density at radius 1 is 0.917 bits per heavy atom. The molecule has 0 atom stereocenters. The Bertz CT molecular complexity index is 828. The lowest BCUT2D eigenvalue weighted by Crippen LogP contribution is -2.26. The molecule has 2 aromatic carbocycles. The largest absolute Gasteiger partial charge is 0.242 e. The SMILES string of the molecule is O=S(=O)(NCCSCc1ccc(Cl)cc1Cl)c1cc(Cl)ccc1Cl. The molecule has 130 valence electrons. The molecule has 0 aromatic heterocycles. The first kappa shape index (κ1) is 20.2. The highest BCUT2D eigenvalue weighted by atomic mass is 35.5. The Morgan fingerprint density at radius 3 is 2.29 bits per heavy atom. The molecule has 1 N–H and O–H groups in total. The molecule has 9 heteroatoms. The predicted octanol–water partition coefficient (Wildman–Crippen LogP) is 5.51. The molecule has 0 bridgehead atoms. The first-order chi connectivity index (χ1) is 11.3. The minimum Gasteiger partial charge on any atom is -0.210 e. The molecule has 0 aliphatic heterocycles. The summed E-state index contributed by atoms with van der Waals surface area (Å²) in [5.74, 6) is 1.24. The van der Waals surface area contributed by atoms with E-state index in [1.54, 1.807) is 23.9 Å². The zero-order valence-corrected chi connectivity index (χ0v) is 16.9. The van der Waals surface area contributed by atoms with Gasteiger partial charge in [-0.15, -0.1) is 0 Å². The zero-order valence-electron chi connectivity index (χ0n) is 12.2. The van der Waals surface area contributed by atoms with E-state index in [1.807, 2.05) is 6.07 Å². The average molecular weight is 445 g/mol. The molecule has 0 saturated heterocycles. The van der Waals surface area contributed by atoms with Gasteiger partial charge in [-0.2, -0.15) is 11.8 Å². The van der Waals surface area contributed by atoms with Gasteiger partial charge in [0.25, 0.3) is 0 Å². The van der Waals surface area contributed by atoms with Crippen LogP contribution < -0.4 is 4.72 Å². The normalized spacial score (nSPS) is 11.7. The Kier molecular flexibility index (Phi) is 7.56. The predicted molar refractivity (Wildman–Crippen MR) is 104 cm³/mol. The summed E-state index contributed by atoms with van der Waals surface area (Å²) >= 11 is 25.2. The fourth-order valence-electron chi connectivity index (χ4n) is 1.83. The number of sulfonamides is 1. The van der Waals surface area contributed by atoms with E-state index in [0.29, 0.717) is 26.6 Å². The minimum atomic E-state index is -3.70. The highest BCUT2D eigenvalue weighted by Gasteiger charge is 2.17. The van der Waals surface area contributed by atoms with Crippen molar-refractivity contribution in [2.75, 3.05) is 12.3 Å². The maximum absolute atomic E-state index is 12.2. The molecule has 0 saturated carbocycles. The summed E-state index contributed by atoms with van der Waals surface area (Å²) in [4.78, 5) is -0.0255. The molecule has 0 amide bonds. The van der Waals surface area contributed by atoms with Crippen LogP contribution in [0.25, 0.3) is 0 Å². The van der Waals surface area contributed by atoms with Crippen molar-refractivity contribution in [2.45, 2.75) is 10.6 Å². The summed E-state index contributed by atoms with van der Waals surface area (Å²) in [5, 5.41) is 1.63. The van der Waals surface area contributed by atoms with E-state index in [-0.39, 0.29) is 16.5 Å². The molecule has 0 spiro atoms. The van der Waals surface area contributed by atoms with E-state index in [0.717, 1.165) is 5.56 Å². The second-order valence-corrected chi connectivity index (χ2v) is 9.29. The van der Waals surface area contributed by atoms with Gasteiger partial charge in [-0.25, -0.2) is 13.1 Å². The molecule has 0 radical (unpaired) electrons. The number of halogens is 4. The molecule has 2 rings (SSSR count). The Hall–Kier alpha value is -0.140. The molecule has 2 aromatic rings. The Labute approximate surface area is 165 Å². The van der Waals surface area contributed by atoms with Crippen LogP contribution in [0, 0.1) is 0 Å². The maximum atomic E-state index is 12.2. The highest BCUT2D eigenvalue weighted by Crippen LogP contribution is 2.26. The monoisotopic (exact) mass is 443 g/mol. The van der Waals surface area contributed by atoms with Crippen molar-refractivity contribution in [1.82, 2.24) is 4.72 Å². The third-order valence-electron chi connectivity index (χ3n) is 2.99. The average Bonchev–Trinajstić information content (AvgIpc) is 2.51. The van der Waals surface area contributed by atoms with Crippen LogP contribution >= 0.6 is 58.2 Å². The van der Waals surface area contributed by atoms with Gasteiger partial charge in [0.05, 0.1) is 5.02 Å². The summed E-state index contributed by atoms with van der Waals surface area (Å²) in [5.41, 5.74) is 0.951. The van der Waals surface area contributed by atoms with Crippen LogP contribution in [0.3, 0.4) is 0 Å². The maximum Gasteiger partial charge on any atom is 0.242 e. The molecular formula is C15H13Cl4NO2S2. The van der Waals surface area contributed by atoms with Crippen molar-refractivity contribution in [3.05, 3.63) is 62.1 Å². The van der Waals surface area contributed by atoms with Crippen LogP contribution in [-0.4, -0.2) is 20.7 Å². The summed E-state index contributed by atoms with van der Waals surface area (Å²) in [6.07, 6.45) is 0. The molecule has 0 fully saturated rings. The summed E-state index contributed by atoms with van der Waals surface area (Å²) < 4.78 is 27.0. The van der Waals surface area contributed by atoms with Crippen LogP contribution in [0.15, 0.2) is 41.3 Å². The number of thioether (sulfide) groups is 1. The third-order valence-corrected chi connectivity index (χ3v) is 6.77. The fourth-order valence-corrected chi connectivity index (χ4v) is 5.17. The Morgan fingerprint density at radius 2 is 1.58 bits per heavy atom. The number of benzene rings is 2. The highest BCUT2D eigenvalue weighted by molar-refractivity contribution is 7.98. The van der Waals surface area contributed by atoms with Gasteiger partial charge >= 0.3 is 0 Å². The lowest BCUT2D eigenvalue weighted by Gasteiger charge is -2.09. The van der Waals surface area contributed by atoms with Crippen LogP contribution in [-0.2, 0) is 15.8 Å². The standard InChI is InChI=1S/C15H13Cl4NO2S2/c16-11-2-1-10(14(19)7-11)9-23-6-5-20-24(21,22)15-8-12(17)3-4-13(15)18/h1-4,7-8,20H,5-6,9H2. The Balaban J connectivity index is 1.86. The molecule has 0 aliphatic carbocycles. The van der Waals surface area contributed by atoms with Gasteiger partial charge in [-0.3, -0.25) is 0 Å². The summed E-state index contributed by atoms with van der Waals surface area (Å²) in [7, 11) is -3.70. The third kappa shape index (κ3) is 5.70. The zero-order chi connectivity index (χ0) is 17.7. The number of hydrogen-bond acceptors (Lipinski definition) is 3. The lowest BCUT2D eigenvalue weighted by atomic mass is 10.2. The van der Waals surface area contributed by atoms with Crippen LogP contribution in [0.2, 0.25) is 20.1 Å². The second-order valence-electron chi connectivity index (χ2n) is 4.76. The van der Waals surface area contributed by atoms with Gasteiger partial charge in [0.1, 0.15) is 4.90 Å². The van der Waals surface area contributed by atoms with E-state index >= 15 is 0 Å². The quantitative estimate of drug-likeness (QED) is 0.572. The van der Waals surface area contributed by atoms with Gasteiger partial charge in [-0.05, 0) is 35.9 Å². The van der Waals surface area contributed by atoms with Crippen molar-refractivity contribution >= 4 is 68.2 Å². The van der Waals surface area contributed by atoms with Gasteiger partial charge in [0, 0.05) is 33.1 Å². The summed E-state index contributed by atoms with van der Waals surface area (Å²) in [6.45, 7) is 0.265. The van der Waals surface area contributed by atoms with Crippen molar-refractivity contribution in [1.29, 1.82) is 0 Å². The molecule has 0 unspecified atom stereocenters. The number of rotatable bonds is 7. The molecule has 0 heterocycles. The van der Waals surface area contributed by atoms with Crippen LogP contribution in [0.5, 0.6) is 0 Å². The van der Waals surface area contributed by atoms with Crippen molar-refractivity contribution in [3.63, 3.8) is 0 Å². The van der Waals surface area contributed by atoms with E-state index in [4.69, 9.17) is 46.4 Å². The molecule has 24 heavy (non-hydrogen) atoms. The fraction of sp³-hybridized carbons (Fsp3) is 0.200. The van der Waals surface area contributed by atoms with E-state index < -0.39 is 10.0 Å². The van der Waals surface area contributed by atoms with E-state index in [2.05, 4.69) is 4.72 Å². The molecular weight excluding hydrogens is 432 g/mol.